The molecule has 1 unspecified atom stereocenters. The Morgan fingerprint density at radius 1 is 1.19 bits per heavy atom. The Bertz CT molecular complexity index is 377. The third-order valence-corrected chi connectivity index (χ3v) is 5.19. The standard InChI is InChI=1S/C19H33OSi/c1-6-8-10-11-12-14-18(20-21(3,4)5)19(15-9-7-2)16-13-17-19/h14,18H,6-9,13,15-17H2,1-5H3. The van der Waals surface area contributed by atoms with E-state index < -0.39 is 8.32 Å². The molecule has 0 heterocycles. The minimum atomic E-state index is -1.55. The fraction of sp³-hybridized carbons (Fsp3) is 0.789. The maximum Gasteiger partial charge on any atom is 0.184 e. The summed E-state index contributed by atoms with van der Waals surface area (Å²) >= 11 is 0. The lowest BCUT2D eigenvalue weighted by Crippen LogP contribution is -2.46. The monoisotopic (exact) mass is 305 g/mol. The number of unbranched alkanes of at least 4 members (excludes halogenated alkanes) is 2. The van der Waals surface area contributed by atoms with E-state index in [1.54, 1.807) is 0 Å². The predicted molar refractivity (Wildman–Crippen MR) is 94.5 cm³/mol. The van der Waals surface area contributed by atoms with Crippen molar-refractivity contribution in [2.75, 3.05) is 0 Å². The second-order valence-corrected chi connectivity index (χ2v) is 11.8. The summed E-state index contributed by atoms with van der Waals surface area (Å²) in [6.45, 7) is 11.3. The van der Waals surface area contributed by atoms with Crippen molar-refractivity contribution in [2.45, 2.75) is 91.0 Å². The van der Waals surface area contributed by atoms with Crippen LogP contribution in [-0.2, 0) is 4.43 Å². The molecule has 1 nitrogen and oxygen atoms in total. The molecule has 119 valence electrons. The molecule has 1 aliphatic carbocycles. The molecule has 1 saturated carbocycles. The summed E-state index contributed by atoms with van der Waals surface area (Å²) in [4.78, 5) is 0. The smallest absolute Gasteiger partial charge is 0.184 e. The Morgan fingerprint density at radius 3 is 2.38 bits per heavy atom. The number of hydrogen-bond acceptors (Lipinski definition) is 1. The fourth-order valence-corrected chi connectivity index (χ4v) is 3.99. The van der Waals surface area contributed by atoms with Crippen LogP contribution in [0.15, 0.2) is 6.08 Å². The molecule has 21 heavy (non-hydrogen) atoms. The van der Waals surface area contributed by atoms with Gasteiger partial charge in [-0.05, 0) is 56.8 Å². The van der Waals surface area contributed by atoms with Gasteiger partial charge in [-0.2, -0.15) is 0 Å². The third kappa shape index (κ3) is 6.40. The van der Waals surface area contributed by atoms with Crippen LogP contribution in [0.1, 0.15) is 65.2 Å². The summed E-state index contributed by atoms with van der Waals surface area (Å²) in [6.07, 6.45) is 15.5. The van der Waals surface area contributed by atoms with E-state index in [9.17, 15) is 0 Å². The van der Waals surface area contributed by atoms with Gasteiger partial charge in [-0.3, -0.25) is 0 Å². The lowest BCUT2D eigenvalue weighted by atomic mass is 9.62. The van der Waals surface area contributed by atoms with Gasteiger partial charge in [-0.15, -0.1) is 0 Å². The van der Waals surface area contributed by atoms with Crippen molar-refractivity contribution >= 4 is 8.32 Å². The van der Waals surface area contributed by atoms with Crippen molar-refractivity contribution < 1.29 is 4.43 Å². The molecule has 0 aliphatic heterocycles. The van der Waals surface area contributed by atoms with E-state index in [4.69, 9.17) is 4.43 Å². The molecule has 0 aromatic carbocycles. The lowest BCUT2D eigenvalue weighted by molar-refractivity contribution is -0.00362. The molecule has 0 aromatic heterocycles. The van der Waals surface area contributed by atoms with E-state index in [2.05, 4.69) is 57.5 Å². The van der Waals surface area contributed by atoms with E-state index >= 15 is 0 Å². The van der Waals surface area contributed by atoms with Crippen LogP contribution in [0.5, 0.6) is 0 Å². The van der Waals surface area contributed by atoms with Gasteiger partial charge >= 0.3 is 0 Å². The van der Waals surface area contributed by atoms with Gasteiger partial charge in [0.25, 0.3) is 0 Å². The van der Waals surface area contributed by atoms with Gasteiger partial charge in [0.15, 0.2) is 8.32 Å². The second kappa shape index (κ2) is 8.81. The SMILES string of the molecule is CCCC#C/[C]=C/C(O[Si](C)(C)C)C1(CCCC)CCC1. The number of allylic oxidation sites excluding steroid dienone is 1. The van der Waals surface area contributed by atoms with Crippen LogP contribution in [0.25, 0.3) is 0 Å². The largest absolute Gasteiger partial charge is 0.411 e. The van der Waals surface area contributed by atoms with E-state index in [0.717, 1.165) is 12.8 Å². The molecule has 0 amide bonds. The molecule has 0 N–H and O–H groups in total. The zero-order valence-electron chi connectivity index (χ0n) is 14.7. The topological polar surface area (TPSA) is 9.23 Å². The van der Waals surface area contributed by atoms with Gasteiger partial charge in [0, 0.05) is 12.5 Å². The predicted octanol–water partition coefficient (Wildman–Crippen LogP) is 5.73. The quantitative estimate of drug-likeness (QED) is 0.411. The average molecular weight is 306 g/mol. The second-order valence-electron chi connectivity index (χ2n) is 7.33. The molecule has 0 saturated heterocycles. The Labute approximate surface area is 133 Å². The Morgan fingerprint density at radius 2 is 1.90 bits per heavy atom. The van der Waals surface area contributed by atoms with E-state index in [-0.39, 0.29) is 6.10 Å². The molecule has 1 rings (SSSR count). The van der Waals surface area contributed by atoms with Gasteiger partial charge in [-0.1, -0.05) is 45.0 Å². The molecule has 1 atom stereocenters. The lowest BCUT2D eigenvalue weighted by Gasteiger charge is -2.48. The van der Waals surface area contributed by atoms with Gasteiger partial charge in [-0.25, -0.2) is 0 Å². The van der Waals surface area contributed by atoms with E-state index in [1.165, 1.54) is 38.5 Å². The molecule has 0 bridgehead atoms. The van der Waals surface area contributed by atoms with Crippen LogP contribution < -0.4 is 0 Å². The Kier molecular flexibility index (Phi) is 7.77. The first kappa shape index (κ1) is 18.5. The average Bonchev–Trinajstić information content (AvgIpc) is 2.35. The van der Waals surface area contributed by atoms with E-state index in [0.29, 0.717) is 5.41 Å². The summed E-state index contributed by atoms with van der Waals surface area (Å²) < 4.78 is 6.50. The van der Waals surface area contributed by atoms with Gasteiger partial charge < -0.3 is 4.43 Å². The molecule has 0 aromatic rings. The first-order valence-electron chi connectivity index (χ1n) is 8.68. The van der Waals surface area contributed by atoms with Crippen LogP contribution in [0.3, 0.4) is 0 Å². The van der Waals surface area contributed by atoms with Crippen molar-refractivity contribution in [3.05, 3.63) is 12.2 Å². The summed E-state index contributed by atoms with van der Waals surface area (Å²) in [5.41, 5.74) is 0.371. The molecule has 1 fully saturated rings. The normalized spacial score (nSPS) is 18.9. The van der Waals surface area contributed by atoms with Crippen molar-refractivity contribution in [1.29, 1.82) is 0 Å². The van der Waals surface area contributed by atoms with Crippen molar-refractivity contribution in [1.82, 2.24) is 0 Å². The molecule has 1 radical (unpaired) electrons. The highest BCUT2D eigenvalue weighted by molar-refractivity contribution is 6.69. The highest BCUT2D eigenvalue weighted by Crippen LogP contribution is 2.50. The van der Waals surface area contributed by atoms with Crippen LogP contribution in [0.2, 0.25) is 19.6 Å². The first-order chi connectivity index (χ1) is 9.93. The minimum Gasteiger partial charge on any atom is -0.411 e. The maximum absolute atomic E-state index is 6.50. The molecule has 2 heteroatoms. The Balaban J connectivity index is 2.78. The highest BCUT2D eigenvalue weighted by atomic mass is 28.4. The zero-order valence-corrected chi connectivity index (χ0v) is 15.7. The molecule has 0 spiro atoms. The number of hydrogen-bond donors (Lipinski definition) is 0. The van der Waals surface area contributed by atoms with Crippen LogP contribution in [0, 0.1) is 23.3 Å². The molecular formula is C19H33OSi. The first-order valence-corrected chi connectivity index (χ1v) is 12.1. The summed E-state index contributed by atoms with van der Waals surface area (Å²) in [5.74, 6) is 6.21. The molecule has 1 aliphatic rings. The maximum atomic E-state index is 6.50. The summed E-state index contributed by atoms with van der Waals surface area (Å²) in [7, 11) is -1.55. The van der Waals surface area contributed by atoms with Gasteiger partial charge in [0.2, 0.25) is 0 Å². The summed E-state index contributed by atoms with van der Waals surface area (Å²) in [6, 6.07) is 0. The van der Waals surface area contributed by atoms with Crippen molar-refractivity contribution in [3.8, 4) is 11.8 Å². The highest BCUT2D eigenvalue weighted by Gasteiger charge is 2.44. The van der Waals surface area contributed by atoms with Crippen molar-refractivity contribution in [3.63, 3.8) is 0 Å². The zero-order chi connectivity index (χ0) is 15.8. The number of rotatable bonds is 8. The van der Waals surface area contributed by atoms with Crippen LogP contribution in [0.4, 0.5) is 0 Å². The fourth-order valence-electron chi connectivity index (χ4n) is 2.91. The summed E-state index contributed by atoms with van der Waals surface area (Å²) in [5, 5.41) is 0. The third-order valence-electron chi connectivity index (χ3n) is 4.23. The Hall–Kier alpha value is -0.523. The van der Waals surface area contributed by atoms with Gasteiger partial charge in [0.05, 0.1) is 6.10 Å². The van der Waals surface area contributed by atoms with Crippen LogP contribution >= 0.6 is 0 Å². The van der Waals surface area contributed by atoms with Gasteiger partial charge in [0.1, 0.15) is 0 Å². The minimum absolute atomic E-state index is 0.223. The van der Waals surface area contributed by atoms with Crippen molar-refractivity contribution in [2.24, 2.45) is 5.41 Å². The van der Waals surface area contributed by atoms with Crippen LogP contribution in [-0.4, -0.2) is 14.4 Å². The molecular weight excluding hydrogens is 272 g/mol. The van der Waals surface area contributed by atoms with E-state index in [1.807, 2.05) is 0 Å².